The zero-order valence-electron chi connectivity index (χ0n) is 29.6. The molecule has 1 aliphatic carbocycles. The number of rotatable bonds is 11. The van der Waals surface area contributed by atoms with E-state index < -0.39 is 5.97 Å². The highest BCUT2D eigenvalue weighted by atomic mass is 35.5. The van der Waals surface area contributed by atoms with Crippen molar-refractivity contribution in [3.05, 3.63) is 82.0 Å². The monoisotopic (exact) mass is 743 g/mol. The van der Waals surface area contributed by atoms with Crippen LogP contribution >= 0.6 is 23.2 Å². The summed E-state index contributed by atoms with van der Waals surface area (Å²) in [5, 5.41) is 13.9. The average Bonchev–Trinajstić information content (AvgIpc) is 3.11. The lowest BCUT2D eigenvalue weighted by molar-refractivity contribution is -0.161. The Hall–Kier alpha value is -4.22. The molecule has 2 N–H and O–H groups in total. The summed E-state index contributed by atoms with van der Waals surface area (Å²) >= 11 is 14.2. The molecule has 7 rings (SSSR count). The highest BCUT2D eigenvalue weighted by Gasteiger charge is 2.54. The Labute approximate surface area is 314 Å². The Bertz CT molecular complexity index is 1990. The van der Waals surface area contributed by atoms with Crippen molar-refractivity contribution in [2.75, 3.05) is 40.4 Å². The van der Waals surface area contributed by atoms with E-state index in [1.807, 2.05) is 59.5 Å². The van der Waals surface area contributed by atoms with Crippen LogP contribution < -0.4 is 14.8 Å². The zero-order valence-corrected chi connectivity index (χ0v) is 31.1. The Morgan fingerprint density at radius 3 is 2.35 bits per heavy atom. The number of carboxylic acid groups (broad SMARTS) is 1. The predicted octanol–water partition coefficient (Wildman–Crippen LogP) is 7.20. The van der Waals surface area contributed by atoms with Crippen molar-refractivity contribution in [3.8, 4) is 45.3 Å². The van der Waals surface area contributed by atoms with E-state index in [2.05, 4.69) is 15.2 Å². The molecule has 272 valence electrons. The quantitative estimate of drug-likeness (QED) is 0.165. The summed E-state index contributed by atoms with van der Waals surface area (Å²) in [4.78, 5) is 36.7. The van der Waals surface area contributed by atoms with Crippen molar-refractivity contribution in [2.45, 2.75) is 51.7 Å². The molecule has 0 bridgehead atoms. The summed E-state index contributed by atoms with van der Waals surface area (Å²) in [6.45, 7) is 6.29. The van der Waals surface area contributed by atoms with Crippen LogP contribution in [-0.4, -0.2) is 83.2 Å². The third kappa shape index (κ3) is 7.22. The van der Waals surface area contributed by atoms with Crippen LogP contribution in [0.5, 0.6) is 11.6 Å². The van der Waals surface area contributed by atoms with Gasteiger partial charge in [0.2, 0.25) is 11.8 Å². The molecule has 2 saturated heterocycles. The highest BCUT2D eigenvalue weighted by molar-refractivity contribution is 6.39. The maximum absolute atomic E-state index is 11.7. The number of aliphatic carboxylic acids is 1. The normalized spacial score (nSPS) is 17.4. The topological polar surface area (TPSA) is 117 Å². The fourth-order valence-corrected chi connectivity index (χ4v) is 8.72. The third-order valence-electron chi connectivity index (χ3n) is 10.9. The van der Waals surface area contributed by atoms with Gasteiger partial charge < -0.3 is 24.8 Å². The van der Waals surface area contributed by atoms with Gasteiger partial charge in [-0.1, -0.05) is 59.6 Å². The van der Waals surface area contributed by atoms with Gasteiger partial charge in [-0.2, -0.15) is 0 Å². The number of carboxylic acids is 1. The Kier molecular flexibility index (Phi) is 10.4. The van der Waals surface area contributed by atoms with Crippen LogP contribution in [0.1, 0.15) is 43.7 Å². The molecule has 1 amide bonds. The molecule has 2 aromatic carbocycles. The molecule has 0 unspecified atom stereocenters. The SMILES string of the molecule is COc1cc(-c2nccc(-c3cccc(-c4ccc(CNC5CCN(C(C)=O)CC5)c(OC)n4)c3Cl)c2Cl)ccc1CN1CC2(CC(C(=O)O)C2)C1. The number of hydrogen-bond acceptors (Lipinski definition) is 8. The lowest BCUT2D eigenvalue weighted by Gasteiger charge is -2.58. The number of hydrogen-bond donors (Lipinski definition) is 2. The number of nitrogens with zero attached hydrogens (tertiary/aromatic N) is 4. The lowest BCUT2D eigenvalue weighted by atomic mass is 9.57. The summed E-state index contributed by atoms with van der Waals surface area (Å²) in [5.74, 6) is 0.520. The van der Waals surface area contributed by atoms with Crippen LogP contribution in [0.25, 0.3) is 33.6 Å². The molecule has 4 aromatic rings. The largest absolute Gasteiger partial charge is 0.496 e. The minimum absolute atomic E-state index is 0.126. The molecule has 0 atom stereocenters. The number of aromatic nitrogens is 2. The Morgan fingerprint density at radius 2 is 1.65 bits per heavy atom. The van der Waals surface area contributed by atoms with E-state index in [1.165, 1.54) is 0 Å². The fourth-order valence-electron chi connectivity index (χ4n) is 8.07. The summed E-state index contributed by atoms with van der Waals surface area (Å²) in [5.41, 5.74) is 6.53. The van der Waals surface area contributed by atoms with Gasteiger partial charge in [-0.15, -0.1) is 0 Å². The Morgan fingerprint density at radius 1 is 0.942 bits per heavy atom. The van der Waals surface area contributed by atoms with Gasteiger partial charge in [-0.3, -0.25) is 19.5 Å². The van der Waals surface area contributed by atoms with Gasteiger partial charge in [0.15, 0.2) is 0 Å². The fraction of sp³-hybridized carbons (Fsp3) is 0.400. The van der Waals surface area contributed by atoms with Crippen molar-refractivity contribution in [3.63, 3.8) is 0 Å². The van der Waals surface area contributed by atoms with E-state index in [9.17, 15) is 14.7 Å². The first-order chi connectivity index (χ1) is 25.1. The molecule has 1 spiro atoms. The zero-order chi connectivity index (χ0) is 36.6. The van der Waals surface area contributed by atoms with Gasteiger partial charge in [-0.25, -0.2) is 4.98 Å². The maximum atomic E-state index is 11.7. The Balaban J connectivity index is 1.07. The number of likely N-dealkylation sites (tertiary alicyclic amines) is 2. The highest BCUT2D eigenvalue weighted by Crippen LogP contribution is 2.52. The molecular formula is C40H43Cl2N5O5. The molecule has 12 heteroatoms. The van der Waals surface area contributed by atoms with Gasteiger partial charge in [0, 0.05) is 91.8 Å². The third-order valence-corrected chi connectivity index (χ3v) is 11.7. The summed E-state index contributed by atoms with van der Waals surface area (Å²) in [6.07, 6.45) is 5.08. The molecule has 10 nitrogen and oxygen atoms in total. The van der Waals surface area contributed by atoms with Crippen LogP contribution in [0.15, 0.2) is 60.8 Å². The average molecular weight is 745 g/mol. The molecule has 4 heterocycles. The first-order valence-electron chi connectivity index (χ1n) is 17.7. The number of halogens is 2. The first kappa shape index (κ1) is 36.2. The van der Waals surface area contributed by atoms with E-state index in [0.717, 1.165) is 97.5 Å². The summed E-state index contributed by atoms with van der Waals surface area (Å²) < 4.78 is 11.5. The number of carbonyl (C=O) groups excluding carboxylic acids is 1. The van der Waals surface area contributed by atoms with Crippen LogP contribution in [0.4, 0.5) is 0 Å². The lowest BCUT2D eigenvalue weighted by Crippen LogP contribution is -2.62. The van der Waals surface area contributed by atoms with Crippen LogP contribution in [0.2, 0.25) is 10.0 Å². The molecule has 3 fully saturated rings. The number of piperidine rings is 1. The number of methoxy groups -OCH3 is 2. The van der Waals surface area contributed by atoms with Crippen molar-refractivity contribution < 1.29 is 24.2 Å². The summed E-state index contributed by atoms with van der Waals surface area (Å²) in [6, 6.07) is 18.0. The predicted molar refractivity (Wildman–Crippen MR) is 202 cm³/mol. The molecule has 52 heavy (non-hydrogen) atoms. The van der Waals surface area contributed by atoms with Gasteiger partial charge in [-0.05, 0) is 49.3 Å². The molecule has 1 saturated carbocycles. The van der Waals surface area contributed by atoms with Crippen molar-refractivity contribution >= 4 is 35.1 Å². The smallest absolute Gasteiger partial charge is 0.306 e. The first-order valence-corrected chi connectivity index (χ1v) is 18.4. The van der Waals surface area contributed by atoms with Crippen molar-refractivity contribution in [1.82, 2.24) is 25.1 Å². The van der Waals surface area contributed by atoms with Crippen molar-refractivity contribution in [2.24, 2.45) is 11.3 Å². The molecular weight excluding hydrogens is 701 g/mol. The number of amides is 1. The number of carbonyl (C=O) groups is 2. The van der Waals surface area contributed by atoms with Crippen LogP contribution in [-0.2, 0) is 22.7 Å². The number of pyridine rings is 2. The van der Waals surface area contributed by atoms with E-state index in [0.29, 0.717) is 39.9 Å². The van der Waals surface area contributed by atoms with E-state index >= 15 is 0 Å². The number of nitrogens with one attached hydrogen (secondary N) is 1. The van der Waals surface area contributed by atoms with E-state index in [4.69, 9.17) is 37.7 Å². The van der Waals surface area contributed by atoms with Gasteiger partial charge >= 0.3 is 5.97 Å². The minimum atomic E-state index is -0.681. The van der Waals surface area contributed by atoms with Crippen LogP contribution in [0, 0.1) is 11.3 Å². The van der Waals surface area contributed by atoms with Gasteiger partial charge in [0.1, 0.15) is 5.75 Å². The molecule has 2 aromatic heterocycles. The second-order valence-electron chi connectivity index (χ2n) is 14.3. The van der Waals surface area contributed by atoms with Gasteiger partial charge in [0.05, 0.1) is 41.6 Å². The molecule has 2 aliphatic heterocycles. The standard InChI is InChI=1S/C40H43Cl2N5O5/c1-24(48)47-15-12-29(13-16-47)44-20-26-9-10-33(45-38(26)52-3)32-6-4-5-30(35(32)41)31-11-14-43-37(36(31)42)25-7-8-27(34(17-25)51-2)21-46-22-40(23-46)18-28(19-40)39(49)50/h4-11,14,17,28-29,44H,12-13,15-16,18-23H2,1-3H3,(H,49,50). The van der Waals surface area contributed by atoms with E-state index in [1.54, 1.807) is 27.3 Å². The number of ether oxygens (including phenoxy) is 2. The number of benzene rings is 2. The second kappa shape index (κ2) is 15.0. The summed E-state index contributed by atoms with van der Waals surface area (Å²) in [7, 11) is 3.28. The minimum Gasteiger partial charge on any atom is -0.496 e. The molecule has 3 aliphatic rings. The molecule has 0 radical (unpaired) electrons. The van der Waals surface area contributed by atoms with Crippen LogP contribution in [0.3, 0.4) is 0 Å². The van der Waals surface area contributed by atoms with E-state index in [-0.39, 0.29) is 17.2 Å². The van der Waals surface area contributed by atoms with Crippen molar-refractivity contribution in [1.29, 1.82) is 0 Å². The van der Waals surface area contributed by atoms with Gasteiger partial charge in [0.25, 0.3) is 0 Å². The second-order valence-corrected chi connectivity index (χ2v) is 15.1. The maximum Gasteiger partial charge on any atom is 0.306 e.